The van der Waals surface area contributed by atoms with E-state index in [1.165, 1.54) is 11.3 Å². The molecule has 0 aliphatic heterocycles. The number of hydrogen-bond donors (Lipinski definition) is 1. The number of benzene rings is 2. The van der Waals surface area contributed by atoms with Gasteiger partial charge in [-0.3, -0.25) is 9.59 Å². The molecule has 2 amide bonds. The molecule has 0 radical (unpaired) electrons. The Labute approximate surface area is 179 Å². The van der Waals surface area contributed by atoms with Gasteiger partial charge in [-0.2, -0.15) is 0 Å². The van der Waals surface area contributed by atoms with Crippen LogP contribution in [0.5, 0.6) is 0 Å². The first-order valence-electron chi connectivity index (χ1n) is 9.40. The highest BCUT2D eigenvalue weighted by molar-refractivity contribution is 7.13. The molecule has 29 heavy (non-hydrogen) atoms. The highest BCUT2D eigenvalue weighted by Gasteiger charge is 2.14. The molecule has 7 heteroatoms. The molecule has 0 unspecified atom stereocenters. The second-order valence-electron chi connectivity index (χ2n) is 6.41. The summed E-state index contributed by atoms with van der Waals surface area (Å²) < 4.78 is 0. The van der Waals surface area contributed by atoms with E-state index in [1.807, 2.05) is 43.5 Å². The first-order chi connectivity index (χ1) is 14.0. The molecule has 5 nitrogen and oxygen atoms in total. The molecule has 0 aliphatic rings. The summed E-state index contributed by atoms with van der Waals surface area (Å²) in [6.45, 7) is 5.17. The Kier molecular flexibility index (Phi) is 7.01. The van der Waals surface area contributed by atoms with Crippen molar-refractivity contribution >= 4 is 40.4 Å². The Balaban J connectivity index is 1.67. The van der Waals surface area contributed by atoms with Crippen LogP contribution in [0.25, 0.3) is 10.6 Å². The van der Waals surface area contributed by atoms with Gasteiger partial charge in [0.15, 0.2) is 0 Å². The lowest BCUT2D eigenvalue weighted by Crippen LogP contribution is -2.30. The quantitative estimate of drug-likeness (QED) is 0.568. The standard InChI is InChI=1S/C22H22ClN3O2S/c1-3-26(4-2)22(28)15-8-7-9-16(12-15)24-20(27)13-17-14-29-21(25-17)18-10-5-6-11-19(18)23/h5-12,14H,3-4,13H2,1-2H3,(H,24,27). The van der Waals surface area contributed by atoms with Crippen molar-refractivity contribution in [2.24, 2.45) is 0 Å². The zero-order chi connectivity index (χ0) is 20.8. The smallest absolute Gasteiger partial charge is 0.253 e. The fraction of sp³-hybridized carbons (Fsp3) is 0.227. The highest BCUT2D eigenvalue weighted by atomic mass is 35.5. The number of amides is 2. The van der Waals surface area contributed by atoms with Crippen molar-refractivity contribution < 1.29 is 9.59 Å². The van der Waals surface area contributed by atoms with Gasteiger partial charge >= 0.3 is 0 Å². The van der Waals surface area contributed by atoms with Crippen molar-refractivity contribution in [1.29, 1.82) is 0 Å². The lowest BCUT2D eigenvalue weighted by atomic mass is 10.1. The van der Waals surface area contributed by atoms with E-state index in [-0.39, 0.29) is 18.2 Å². The van der Waals surface area contributed by atoms with E-state index in [1.54, 1.807) is 29.2 Å². The summed E-state index contributed by atoms with van der Waals surface area (Å²) in [7, 11) is 0. The molecule has 0 saturated carbocycles. The highest BCUT2D eigenvalue weighted by Crippen LogP contribution is 2.30. The third kappa shape index (κ3) is 5.22. The van der Waals surface area contributed by atoms with Crippen LogP contribution in [0.4, 0.5) is 5.69 Å². The zero-order valence-corrected chi connectivity index (χ0v) is 17.9. The fourth-order valence-electron chi connectivity index (χ4n) is 2.94. The van der Waals surface area contributed by atoms with Crippen LogP contribution >= 0.6 is 22.9 Å². The molecule has 3 rings (SSSR count). The Hall–Kier alpha value is -2.70. The molecule has 0 saturated heterocycles. The average molecular weight is 428 g/mol. The van der Waals surface area contributed by atoms with Crippen molar-refractivity contribution in [3.05, 3.63) is 70.2 Å². The summed E-state index contributed by atoms with van der Waals surface area (Å²) in [4.78, 5) is 31.2. The number of thiazole rings is 1. The Morgan fingerprint density at radius 1 is 1.10 bits per heavy atom. The van der Waals surface area contributed by atoms with Crippen LogP contribution in [0.3, 0.4) is 0 Å². The number of hydrogen-bond acceptors (Lipinski definition) is 4. The van der Waals surface area contributed by atoms with Gasteiger partial charge in [-0.1, -0.05) is 35.9 Å². The number of carbonyl (C=O) groups excluding carboxylic acids is 2. The van der Waals surface area contributed by atoms with E-state index in [0.29, 0.717) is 35.1 Å². The van der Waals surface area contributed by atoms with Crippen molar-refractivity contribution in [3.8, 4) is 10.6 Å². The number of rotatable bonds is 7. The first kappa shape index (κ1) is 21.0. The molecule has 3 aromatic rings. The van der Waals surface area contributed by atoms with Gasteiger partial charge in [-0.15, -0.1) is 11.3 Å². The fourth-order valence-corrected chi connectivity index (χ4v) is 4.08. The Morgan fingerprint density at radius 2 is 1.86 bits per heavy atom. The van der Waals surface area contributed by atoms with E-state index >= 15 is 0 Å². The molecule has 0 fully saturated rings. The lowest BCUT2D eigenvalue weighted by Gasteiger charge is -2.19. The van der Waals surface area contributed by atoms with E-state index in [2.05, 4.69) is 10.3 Å². The number of carbonyl (C=O) groups is 2. The van der Waals surface area contributed by atoms with Crippen LogP contribution in [0.15, 0.2) is 53.9 Å². The molecule has 1 aromatic heterocycles. The molecule has 0 atom stereocenters. The Morgan fingerprint density at radius 3 is 2.59 bits per heavy atom. The molecule has 0 bridgehead atoms. The maximum Gasteiger partial charge on any atom is 0.253 e. The minimum Gasteiger partial charge on any atom is -0.339 e. The van der Waals surface area contributed by atoms with Crippen LogP contribution in [0, 0.1) is 0 Å². The maximum absolute atomic E-state index is 12.5. The second-order valence-corrected chi connectivity index (χ2v) is 7.67. The summed E-state index contributed by atoms with van der Waals surface area (Å²) in [5.74, 6) is -0.233. The molecule has 2 aromatic carbocycles. The summed E-state index contributed by atoms with van der Waals surface area (Å²) in [5, 5.41) is 6.12. The van der Waals surface area contributed by atoms with Crippen LogP contribution < -0.4 is 5.32 Å². The van der Waals surface area contributed by atoms with Crippen LogP contribution in [0.2, 0.25) is 5.02 Å². The van der Waals surface area contributed by atoms with E-state index in [0.717, 1.165) is 10.6 Å². The summed E-state index contributed by atoms with van der Waals surface area (Å²) in [6.07, 6.45) is 0.148. The number of halogens is 1. The lowest BCUT2D eigenvalue weighted by molar-refractivity contribution is -0.115. The first-order valence-corrected chi connectivity index (χ1v) is 10.7. The largest absolute Gasteiger partial charge is 0.339 e. The summed E-state index contributed by atoms with van der Waals surface area (Å²) >= 11 is 7.67. The van der Waals surface area contributed by atoms with E-state index < -0.39 is 0 Å². The van der Waals surface area contributed by atoms with Crippen LogP contribution in [0.1, 0.15) is 29.9 Å². The molecular formula is C22H22ClN3O2S. The van der Waals surface area contributed by atoms with Crippen molar-refractivity contribution in [1.82, 2.24) is 9.88 Å². The molecular weight excluding hydrogens is 406 g/mol. The SMILES string of the molecule is CCN(CC)C(=O)c1cccc(NC(=O)Cc2csc(-c3ccccc3Cl)n2)c1. The number of nitrogens with zero attached hydrogens (tertiary/aromatic N) is 2. The van der Waals surface area contributed by atoms with Crippen molar-refractivity contribution in [3.63, 3.8) is 0 Å². The zero-order valence-electron chi connectivity index (χ0n) is 16.3. The van der Waals surface area contributed by atoms with Gasteiger partial charge in [-0.25, -0.2) is 4.98 Å². The van der Waals surface area contributed by atoms with Gasteiger partial charge < -0.3 is 10.2 Å². The normalized spacial score (nSPS) is 10.6. The molecule has 150 valence electrons. The monoisotopic (exact) mass is 427 g/mol. The van der Waals surface area contributed by atoms with E-state index in [9.17, 15) is 9.59 Å². The predicted molar refractivity (Wildman–Crippen MR) is 119 cm³/mol. The average Bonchev–Trinajstić information content (AvgIpc) is 3.17. The molecule has 1 N–H and O–H groups in total. The van der Waals surface area contributed by atoms with Gasteiger partial charge in [0.1, 0.15) is 5.01 Å². The molecule has 0 aliphatic carbocycles. The van der Waals surface area contributed by atoms with Crippen molar-refractivity contribution in [2.45, 2.75) is 20.3 Å². The van der Waals surface area contributed by atoms with Crippen LogP contribution in [-0.2, 0) is 11.2 Å². The van der Waals surface area contributed by atoms with Gasteiger partial charge in [0.2, 0.25) is 5.91 Å². The topological polar surface area (TPSA) is 62.3 Å². The number of nitrogens with one attached hydrogen (secondary N) is 1. The van der Waals surface area contributed by atoms with Gasteiger partial charge in [0.25, 0.3) is 5.91 Å². The van der Waals surface area contributed by atoms with Gasteiger partial charge in [0, 0.05) is 35.3 Å². The van der Waals surface area contributed by atoms with Crippen molar-refractivity contribution in [2.75, 3.05) is 18.4 Å². The minimum absolute atomic E-state index is 0.0463. The number of anilines is 1. The van der Waals surface area contributed by atoms with Gasteiger partial charge in [0.05, 0.1) is 17.1 Å². The summed E-state index contributed by atoms with van der Waals surface area (Å²) in [6, 6.07) is 14.5. The third-order valence-corrected chi connectivity index (χ3v) is 5.70. The van der Waals surface area contributed by atoms with E-state index in [4.69, 9.17) is 11.6 Å². The second kappa shape index (κ2) is 9.67. The minimum atomic E-state index is -0.187. The third-order valence-electron chi connectivity index (χ3n) is 4.44. The van der Waals surface area contributed by atoms with Crippen LogP contribution in [-0.4, -0.2) is 34.8 Å². The summed E-state index contributed by atoms with van der Waals surface area (Å²) in [5.41, 5.74) is 2.68. The molecule has 1 heterocycles. The van der Waals surface area contributed by atoms with Gasteiger partial charge in [-0.05, 0) is 38.1 Å². The number of aromatic nitrogens is 1. The maximum atomic E-state index is 12.5. The molecule has 0 spiro atoms. The predicted octanol–water partition coefficient (Wildman–Crippen LogP) is 5.13. The Bertz CT molecular complexity index is 1010.